The zero-order chi connectivity index (χ0) is 34.9. The molecule has 2 amide bonds. The average molecular weight is 680 g/mol. The highest BCUT2D eigenvalue weighted by Crippen LogP contribution is 2.31. The molecular weight excluding hydrogens is 640 g/mol. The van der Waals surface area contributed by atoms with Gasteiger partial charge in [-0.15, -0.1) is 0 Å². The summed E-state index contributed by atoms with van der Waals surface area (Å²) in [6.07, 6.45) is 3.81. The number of nitrogens with zero attached hydrogens (tertiary/aromatic N) is 7. The zero-order valence-corrected chi connectivity index (χ0v) is 28.3. The van der Waals surface area contributed by atoms with Crippen LogP contribution in [0.5, 0.6) is 0 Å². The summed E-state index contributed by atoms with van der Waals surface area (Å²) >= 11 is 0. The van der Waals surface area contributed by atoms with Gasteiger partial charge in [0.05, 0.1) is 17.6 Å². The number of carbonyl (C=O) groups is 2. The minimum Gasteiger partial charge on any atom is -0.326 e. The number of hydrogen-bond acceptors (Lipinski definition) is 9. The van der Waals surface area contributed by atoms with Crippen molar-refractivity contribution in [3.8, 4) is 11.3 Å². The van der Waals surface area contributed by atoms with Crippen LogP contribution < -0.4 is 10.6 Å². The van der Waals surface area contributed by atoms with Crippen LogP contribution in [0, 0.1) is 18.6 Å². The first-order chi connectivity index (χ1) is 24.1. The van der Waals surface area contributed by atoms with E-state index < -0.39 is 11.6 Å². The Hall–Kier alpha value is -5.14. The van der Waals surface area contributed by atoms with E-state index in [0.29, 0.717) is 35.6 Å². The van der Waals surface area contributed by atoms with Crippen molar-refractivity contribution in [1.82, 2.24) is 39.6 Å². The first-order valence-electron chi connectivity index (χ1n) is 16.9. The van der Waals surface area contributed by atoms with Gasteiger partial charge in [-0.2, -0.15) is 0 Å². The summed E-state index contributed by atoms with van der Waals surface area (Å²) in [6, 6.07) is 15.0. The average Bonchev–Trinajstić information content (AvgIpc) is 3.44. The lowest BCUT2D eigenvalue weighted by atomic mass is 9.90. The van der Waals surface area contributed by atoms with Gasteiger partial charge >= 0.3 is 0 Å². The summed E-state index contributed by atoms with van der Waals surface area (Å²) in [5.74, 6) is -0.532. The number of amides is 2. The standard InChI is InChI=1S/C37H39F2N9O2/c1-22(2)48-23(3)42-35-29(38)16-27(17-31(35)48)34-30(39)19-41-37(45-34)43-32-10-6-25(18-40-32)21-47-14-12-46(13-15-47)20-24-4-7-26(8-5-24)28-9-11-33(49)44-36(28)50/h4-8,10,16-19,22,28H,9,11-15,20-21H2,1-3H3,(H,44,49,50)(H,40,41,43,45). The topological polar surface area (TPSA) is 121 Å². The number of aromatic nitrogens is 5. The van der Waals surface area contributed by atoms with Gasteiger partial charge < -0.3 is 9.88 Å². The molecule has 2 aliphatic rings. The van der Waals surface area contributed by atoms with Crippen LogP contribution in [0.3, 0.4) is 0 Å². The first kappa shape index (κ1) is 33.4. The summed E-state index contributed by atoms with van der Waals surface area (Å²) in [7, 11) is 0. The Labute approximate surface area is 288 Å². The van der Waals surface area contributed by atoms with Gasteiger partial charge in [0.1, 0.15) is 22.9 Å². The number of fused-ring (bicyclic) bond motifs is 1. The second-order valence-corrected chi connectivity index (χ2v) is 13.3. The lowest BCUT2D eigenvalue weighted by molar-refractivity contribution is -0.134. The van der Waals surface area contributed by atoms with Crippen LogP contribution in [0.2, 0.25) is 0 Å². The molecule has 258 valence electrons. The van der Waals surface area contributed by atoms with Crippen LogP contribution in [0.25, 0.3) is 22.3 Å². The largest absolute Gasteiger partial charge is 0.326 e. The number of halogens is 2. The third-order valence-electron chi connectivity index (χ3n) is 9.42. The van der Waals surface area contributed by atoms with Gasteiger partial charge in [0, 0.05) is 63.5 Å². The Bertz CT molecular complexity index is 2040. The van der Waals surface area contributed by atoms with Crippen molar-refractivity contribution in [2.75, 3.05) is 31.5 Å². The Morgan fingerprint density at radius 2 is 1.58 bits per heavy atom. The molecule has 2 N–H and O–H groups in total. The smallest absolute Gasteiger partial charge is 0.234 e. The number of benzene rings is 2. The van der Waals surface area contributed by atoms with E-state index >= 15 is 4.39 Å². The van der Waals surface area contributed by atoms with Crippen molar-refractivity contribution in [2.45, 2.75) is 58.7 Å². The predicted molar refractivity (Wildman–Crippen MR) is 185 cm³/mol. The molecule has 3 aromatic heterocycles. The molecule has 13 heteroatoms. The number of aryl methyl sites for hydroxylation is 1. The van der Waals surface area contributed by atoms with Crippen LogP contribution in [-0.4, -0.2) is 72.3 Å². The molecule has 1 unspecified atom stereocenters. The van der Waals surface area contributed by atoms with Crippen LogP contribution >= 0.6 is 0 Å². The Morgan fingerprint density at radius 1 is 0.880 bits per heavy atom. The van der Waals surface area contributed by atoms with Gasteiger partial charge in [0.2, 0.25) is 17.8 Å². The third kappa shape index (κ3) is 7.10. The summed E-state index contributed by atoms with van der Waals surface area (Å²) in [4.78, 5) is 45.9. The summed E-state index contributed by atoms with van der Waals surface area (Å²) in [5.41, 5.74) is 4.31. The van der Waals surface area contributed by atoms with Gasteiger partial charge in [-0.3, -0.25) is 24.7 Å². The van der Waals surface area contributed by atoms with Crippen molar-refractivity contribution < 1.29 is 18.4 Å². The number of imide groups is 1. The molecule has 2 fully saturated rings. The molecule has 2 aromatic carbocycles. The van der Waals surface area contributed by atoms with Crippen LogP contribution in [-0.2, 0) is 22.7 Å². The number of piperazine rings is 1. The fraction of sp³-hybridized carbons (Fsp3) is 0.351. The van der Waals surface area contributed by atoms with Gasteiger partial charge in [-0.25, -0.2) is 28.7 Å². The maximum absolute atomic E-state index is 15.1. The van der Waals surface area contributed by atoms with Crippen molar-refractivity contribution in [3.63, 3.8) is 0 Å². The van der Waals surface area contributed by atoms with Crippen molar-refractivity contribution in [2.24, 2.45) is 0 Å². The van der Waals surface area contributed by atoms with Crippen LogP contribution in [0.15, 0.2) is 60.9 Å². The highest BCUT2D eigenvalue weighted by Gasteiger charge is 2.28. The number of hydrogen-bond donors (Lipinski definition) is 2. The van der Waals surface area contributed by atoms with E-state index in [1.54, 1.807) is 6.07 Å². The fourth-order valence-electron chi connectivity index (χ4n) is 6.88. The molecule has 0 bridgehead atoms. The molecular formula is C37H39F2N9O2. The third-order valence-corrected chi connectivity index (χ3v) is 9.42. The summed E-state index contributed by atoms with van der Waals surface area (Å²) in [6.45, 7) is 11.1. The molecule has 7 rings (SSSR count). The van der Waals surface area contributed by atoms with E-state index in [2.05, 4.69) is 52.5 Å². The Morgan fingerprint density at radius 3 is 2.24 bits per heavy atom. The predicted octanol–water partition coefficient (Wildman–Crippen LogP) is 5.64. The van der Waals surface area contributed by atoms with Gasteiger partial charge in [0.15, 0.2) is 11.6 Å². The SMILES string of the molecule is Cc1nc2c(F)cc(-c3nc(Nc4ccc(CN5CCN(Cc6ccc(C7CCC(=O)NC7=O)cc6)CC5)cn4)ncc3F)cc2n1C(C)C. The van der Waals surface area contributed by atoms with Crippen molar-refractivity contribution >= 4 is 34.6 Å². The minimum absolute atomic E-state index is 0.0162. The van der Waals surface area contributed by atoms with Gasteiger partial charge in [0.25, 0.3) is 0 Å². The van der Waals surface area contributed by atoms with Gasteiger partial charge in [-0.05, 0) is 62.1 Å². The highest BCUT2D eigenvalue weighted by atomic mass is 19.1. The van der Waals surface area contributed by atoms with Gasteiger partial charge in [-0.1, -0.05) is 30.3 Å². The number of nitrogens with one attached hydrogen (secondary N) is 2. The molecule has 50 heavy (non-hydrogen) atoms. The highest BCUT2D eigenvalue weighted by molar-refractivity contribution is 6.00. The van der Waals surface area contributed by atoms with Crippen LogP contribution in [0.4, 0.5) is 20.5 Å². The van der Waals surface area contributed by atoms with E-state index in [-0.39, 0.29) is 40.9 Å². The summed E-state index contributed by atoms with van der Waals surface area (Å²) in [5, 5.41) is 5.48. The number of pyridine rings is 1. The molecule has 2 aliphatic heterocycles. The molecule has 2 saturated heterocycles. The molecule has 0 radical (unpaired) electrons. The molecule has 0 saturated carbocycles. The fourth-order valence-corrected chi connectivity index (χ4v) is 6.88. The normalized spacial score (nSPS) is 17.4. The lowest BCUT2D eigenvalue weighted by Crippen LogP contribution is -2.45. The number of carbonyl (C=O) groups excluding carboxylic acids is 2. The van der Waals surface area contributed by atoms with E-state index in [1.807, 2.05) is 55.8 Å². The zero-order valence-electron chi connectivity index (χ0n) is 28.3. The second kappa shape index (κ2) is 14.0. The minimum atomic E-state index is -0.660. The Kier molecular flexibility index (Phi) is 9.34. The lowest BCUT2D eigenvalue weighted by Gasteiger charge is -2.34. The summed E-state index contributed by atoms with van der Waals surface area (Å²) < 4.78 is 31.9. The molecule has 5 heterocycles. The van der Waals surface area contributed by atoms with E-state index in [1.165, 1.54) is 11.6 Å². The number of piperidine rings is 1. The number of imidazole rings is 1. The number of anilines is 2. The molecule has 1 atom stereocenters. The van der Waals surface area contributed by atoms with Crippen molar-refractivity contribution in [1.29, 1.82) is 0 Å². The van der Waals surface area contributed by atoms with Crippen LogP contribution in [0.1, 0.15) is 61.2 Å². The molecule has 0 spiro atoms. The maximum atomic E-state index is 15.1. The van der Waals surface area contributed by atoms with E-state index in [9.17, 15) is 14.0 Å². The molecule has 0 aliphatic carbocycles. The molecule has 11 nitrogen and oxygen atoms in total. The van der Waals surface area contributed by atoms with E-state index in [4.69, 9.17) is 0 Å². The number of rotatable bonds is 9. The van der Waals surface area contributed by atoms with Crippen molar-refractivity contribution in [3.05, 3.63) is 95.1 Å². The van der Waals surface area contributed by atoms with E-state index in [0.717, 1.165) is 56.6 Å². The quantitative estimate of drug-likeness (QED) is 0.191. The monoisotopic (exact) mass is 679 g/mol. The maximum Gasteiger partial charge on any atom is 0.234 e. The molecule has 5 aromatic rings. The first-order valence-corrected chi connectivity index (χ1v) is 16.9. The second-order valence-electron chi connectivity index (χ2n) is 13.3. The Balaban J connectivity index is 0.934.